The van der Waals surface area contributed by atoms with Crippen LogP contribution in [0.4, 0.5) is 0 Å². The van der Waals surface area contributed by atoms with Crippen LogP contribution >= 0.6 is 0 Å². The molecule has 0 spiro atoms. The van der Waals surface area contributed by atoms with E-state index in [1.54, 1.807) is 0 Å². The Kier molecular flexibility index (Phi) is 8.03. The fraction of sp³-hybridized carbons (Fsp3) is 0.571. The summed E-state index contributed by atoms with van der Waals surface area (Å²) in [5.41, 5.74) is 2.07. The first-order valence-corrected chi connectivity index (χ1v) is 5.94. The molecule has 3 heteroatoms. The predicted octanol–water partition coefficient (Wildman–Crippen LogP) is 3.55. The third-order valence-electron chi connectivity index (χ3n) is 2.20. The molecule has 3 nitrogen and oxygen atoms in total. The van der Waals surface area contributed by atoms with Crippen molar-refractivity contribution in [3.8, 4) is 0 Å². The summed E-state index contributed by atoms with van der Waals surface area (Å²) in [5.74, 6) is -0.877. The third-order valence-corrected chi connectivity index (χ3v) is 2.20. The molecule has 0 fully saturated rings. The maximum atomic E-state index is 11.2. The van der Waals surface area contributed by atoms with E-state index in [4.69, 9.17) is 0 Å². The number of rotatable bonds is 8. The van der Waals surface area contributed by atoms with Crippen LogP contribution in [0.5, 0.6) is 0 Å². The second-order valence-electron chi connectivity index (χ2n) is 4.47. The maximum Gasteiger partial charge on any atom is 0.313 e. The highest BCUT2D eigenvalue weighted by molar-refractivity contribution is 5.85. The Hall–Kier alpha value is -1.38. The number of allylic oxidation sites excluding steroid dienone is 2. The van der Waals surface area contributed by atoms with Gasteiger partial charge in [0.25, 0.3) is 0 Å². The van der Waals surface area contributed by atoms with Crippen molar-refractivity contribution in [2.75, 3.05) is 0 Å². The van der Waals surface area contributed by atoms with Crippen molar-refractivity contribution in [1.29, 1.82) is 0 Å². The highest BCUT2D eigenvalue weighted by Gasteiger charge is 2.09. The fourth-order valence-corrected chi connectivity index (χ4v) is 1.30. The average Bonchev–Trinajstić information content (AvgIpc) is 2.15. The van der Waals surface area contributed by atoms with Gasteiger partial charge in [0.2, 0.25) is 0 Å². The van der Waals surface area contributed by atoms with E-state index in [1.807, 2.05) is 13.8 Å². The molecule has 0 aliphatic carbocycles. The van der Waals surface area contributed by atoms with Crippen LogP contribution in [0.15, 0.2) is 24.3 Å². The first kappa shape index (κ1) is 15.6. The largest absolute Gasteiger partial charge is 0.393 e. The van der Waals surface area contributed by atoms with Gasteiger partial charge in [-0.2, -0.15) is 0 Å². The van der Waals surface area contributed by atoms with Crippen LogP contribution < -0.4 is 0 Å². The summed E-state index contributed by atoms with van der Waals surface area (Å²) in [4.78, 5) is 22.5. The Balaban J connectivity index is 3.62. The minimum absolute atomic E-state index is 0.277. The summed E-state index contributed by atoms with van der Waals surface area (Å²) < 4.78 is 4.68. The number of hydrogen-bond donors (Lipinski definition) is 0. The number of esters is 2. The van der Waals surface area contributed by atoms with E-state index in [2.05, 4.69) is 17.9 Å². The van der Waals surface area contributed by atoms with Gasteiger partial charge in [-0.15, -0.1) is 13.2 Å². The van der Waals surface area contributed by atoms with E-state index in [1.165, 1.54) is 0 Å². The van der Waals surface area contributed by atoms with Gasteiger partial charge in [-0.3, -0.25) is 9.59 Å². The molecule has 0 saturated heterocycles. The van der Waals surface area contributed by atoms with Crippen LogP contribution in [0.25, 0.3) is 0 Å². The zero-order valence-electron chi connectivity index (χ0n) is 10.9. The average molecular weight is 238 g/mol. The van der Waals surface area contributed by atoms with Crippen molar-refractivity contribution < 1.29 is 14.3 Å². The highest BCUT2D eigenvalue weighted by Crippen LogP contribution is 2.07. The van der Waals surface area contributed by atoms with Crippen LogP contribution in [0.1, 0.15) is 52.4 Å². The van der Waals surface area contributed by atoms with Gasteiger partial charge in [-0.05, 0) is 39.5 Å². The lowest BCUT2D eigenvalue weighted by atomic mass is 10.1. The van der Waals surface area contributed by atoms with Gasteiger partial charge in [0, 0.05) is 12.8 Å². The Morgan fingerprint density at radius 1 is 0.824 bits per heavy atom. The molecule has 0 aliphatic heterocycles. The van der Waals surface area contributed by atoms with Gasteiger partial charge < -0.3 is 4.74 Å². The van der Waals surface area contributed by atoms with Crippen LogP contribution in [0.2, 0.25) is 0 Å². The number of carbonyl (C=O) groups is 2. The molecule has 0 aromatic rings. The Morgan fingerprint density at radius 2 is 1.18 bits per heavy atom. The molecule has 0 saturated carbocycles. The van der Waals surface area contributed by atoms with Gasteiger partial charge >= 0.3 is 11.9 Å². The summed E-state index contributed by atoms with van der Waals surface area (Å²) >= 11 is 0. The molecule has 96 valence electrons. The number of ether oxygens (including phenoxy) is 1. The molecular weight excluding hydrogens is 216 g/mol. The van der Waals surface area contributed by atoms with Crippen molar-refractivity contribution in [2.24, 2.45) is 0 Å². The first-order chi connectivity index (χ1) is 7.91. The van der Waals surface area contributed by atoms with E-state index in [9.17, 15) is 9.59 Å². The van der Waals surface area contributed by atoms with Crippen LogP contribution in [-0.2, 0) is 14.3 Å². The molecule has 0 bridgehead atoms. The smallest absolute Gasteiger partial charge is 0.313 e. The lowest BCUT2D eigenvalue weighted by Gasteiger charge is -2.03. The summed E-state index contributed by atoms with van der Waals surface area (Å²) in [7, 11) is 0. The standard InChI is InChI=1S/C14H22O3/c1-11(2)7-5-9-13(15)17-14(16)10-6-8-12(3)4/h1,3,5-10H2,2,4H3. The van der Waals surface area contributed by atoms with E-state index < -0.39 is 11.9 Å². The monoisotopic (exact) mass is 238 g/mol. The molecule has 0 rings (SSSR count). The molecule has 0 aliphatic rings. The Bertz CT molecular complexity index is 273. The SMILES string of the molecule is C=C(C)CCCC(=O)OC(=O)CCCC(=C)C. The molecule has 0 aromatic carbocycles. The van der Waals surface area contributed by atoms with Gasteiger partial charge in [0.05, 0.1) is 0 Å². The fourth-order valence-electron chi connectivity index (χ4n) is 1.30. The van der Waals surface area contributed by atoms with Crippen molar-refractivity contribution in [3.63, 3.8) is 0 Å². The van der Waals surface area contributed by atoms with Crippen molar-refractivity contribution in [3.05, 3.63) is 24.3 Å². The van der Waals surface area contributed by atoms with E-state index in [-0.39, 0.29) is 12.8 Å². The normalized spacial score (nSPS) is 9.76. The zero-order chi connectivity index (χ0) is 13.3. The lowest BCUT2D eigenvalue weighted by molar-refractivity contribution is -0.159. The van der Waals surface area contributed by atoms with Gasteiger partial charge in [0.15, 0.2) is 0 Å². The molecule has 0 N–H and O–H groups in total. The van der Waals surface area contributed by atoms with E-state index >= 15 is 0 Å². The maximum absolute atomic E-state index is 11.2. The topological polar surface area (TPSA) is 43.4 Å². The van der Waals surface area contributed by atoms with Crippen LogP contribution in [0.3, 0.4) is 0 Å². The first-order valence-electron chi connectivity index (χ1n) is 5.94. The molecule has 0 radical (unpaired) electrons. The molecule has 0 aromatic heterocycles. The molecule has 17 heavy (non-hydrogen) atoms. The molecule has 0 heterocycles. The summed E-state index contributed by atoms with van der Waals surface area (Å²) in [5, 5.41) is 0. The summed E-state index contributed by atoms with van der Waals surface area (Å²) in [6.45, 7) is 11.3. The van der Waals surface area contributed by atoms with E-state index in [0.717, 1.165) is 24.0 Å². The summed E-state index contributed by atoms with van der Waals surface area (Å²) in [6, 6.07) is 0. The minimum Gasteiger partial charge on any atom is -0.393 e. The third kappa shape index (κ3) is 10.9. The van der Waals surface area contributed by atoms with Crippen LogP contribution in [-0.4, -0.2) is 11.9 Å². The predicted molar refractivity (Wildman–Crippen MR) is 68.4 cm³/mol. The molecule has 0 amide bonds. The second kappa shape index (κ2) is 8.74. The number of carbonyl (C=O) groups excluding carboxylic acids is 2. The Labute approximate surface area is 104 Å². The van der Waals surface area contributed by atoms with Crippen molar-refractivity contribution in [2.45, 2.75) is 52.4 Å². The minimum atomic E-state index is -0.438. The van der Waals surface area contributed by atoms with Crippen molar-refractivity contribution >= 4 is 11.9 Å². The summed E-state index contributed by atoms with van der Waals surface area (Å²) in [6.07, 6.45) is 3.51. The molecular formula is C14H22O3. The Morgan fingerprint density at radius 3 is 1.47 bits per heavy atom. The number of hydrogen-bond acceptors (Lipinski definition) is 3. The van der Waals surface area contributed by atoms with E-state index in [0.29, 0.717) is 12.8 Å². The van der Waals surface area contributed by atoms with Crippen molar-refractivity contribution in [1.82, 2.24) is 0 Å². The van der Waals surface area contributed by atoms with Crippen LogP contribution in [0, 0.1) is 0 Å². The molecule has 0 unspecified atom stereocenters. The second-order valence-corrected chi connectivity index (χ2v) is 4.47. The van der Waals surface area contributed by atoms with Gasteiger partial charge in [-0.1, -0.05) is 11.1 Å². The quantitative estimate of drug-likeness (QED) is 0.369. The zero-order valence-corrected chi connectivity index (χ0v) is 10.9. The lowest BCUT2D eigenvalue weighted by Crippen LogP contribution is -2.11. The van der Waals surface area contributed by atoms with Gasteiger partial charge in [-0.25, -0.2) is 0 Å². The molecule has 0 atom stereocenters. The highest BCUT2D eigenvalue weighted by atomic mass is 16.6. The van der Waals surface area contributed by atoms with Gasteiger partial charge in [0.1, 0.15) is 0 Å².